The van der Waals surface area contributed by atoms with Crippen LogP contribution in [0.2, 0.25) is 0 Å². The van der Waals surface area contributed by atoms with Gasteiger partial charge in [0, 0.05) is 5.92 Å². The molecule has 3 heteroatoms. The van der Waals surface area contributed by atoms with Gasteiger partial charge in [0.15, 0.2) is 0 Å². The minimum atomic E-state index is -0.697. The lowest BCUT2D eigenvalue weighted by atomic mass is 9.46. The number of ether oxygens (including phenoxy) is 1. The highest BCUT2D eigenvalue weighted by Gasteiger charge is 2.67. The molecule has 0 aromatic rings. The minimum Gasteiger partial charge on any atom is -0.464 e. The van der Waals surface area contributed by atoms with E-state index in [1.54, 1.807) is 0 Å². The number of hydrogen-bond acceptors (Lipinski definition) is 3. The van der Waals surface area contributed by atoms with Gasteiger partial charge in [-0.3, -0.25) is 4.79 Å². The highest BCUT2D eigenvalue weighted by Crippen LogP contribution is 2.63. The van der Waals surface area contributed by atoms with Crippen LogP contribution < -0.4 is 0 Å². The molecule has 2 saturated carbocycles. The molecule has 4 atom stereocenters. The second kappa shape index (κ2) is 3.60. The van der Waals surface area contributed by atoms with Crippen LogP contribution in [0.3, 0.4) is 0 Å². The molecule has 3 nitrogen and oxygen atoms in total. The van der Waals surface area contributed by atoms with Gasteiger partial charge in [-0.15, -0.1) is 0 Å². The number of aliphatic hydroxyl groups is 1. The first-order valence-corrected chi connectivity index (χ1v) is 6.93. The summed E-state index contributed by atoms with van der Waals surface area (Å²) in [6, 6.07) is 0. The van der Waals surface area contributed by atoms with E-state index in [2.05, 4.69) is 20.4 Å². The SMILES string of the molecule is C=C1CC[C@H]2C(C)(C)CC[C@@H](O)C23C(=O)OC[C@@H]13. The maximum absolute atomic E-state index is 12.4. The molecule has 0 amide bonds. The van der Waals surface area contributed by atoms with Crippen LogP contribution in [0.4, 0.5) is 0 Å². The Bertz CT molecular complexity index is 412. The third kappa shape index (κ3) is 1.26. The van der Waals surface area contributed by atoms with E-state index < -0.39 is 11.5 Å². The van der Waals surface area contributed by atoms with Crippen molar-refractivity contribution in [1.82, 2.24) is 0 Å². The zero-order valence-electron chi connectivity index (χ0n) is 11.2. The monoisotopic (exact) mass is 250 g/mol. The fraction of sp³-hybridized carbons (Fsp3) is 0.800. The average molecular weight is 250 g/mol. The summed E-state index contributed by atoms with van der Waals surface area (Å²) in [4.78, 5) is 12.4. The molecular weight excluding hydrogens is 228 g/mol. The van der Waals surface area contributed by atoms with Crippen LogP contribution in [0, 0.1) is 22.7 Å². The molecule has 1 aliphatic heterocycles. The summed E-state index contributed by atoms with van der Waals surface area (Å²) in [6.07, 6.45) is 3.03. The molecular formula is C15H22O3. The van der Waals surface area contributed by atoms with E-state index in [4.69, 9.17) is 4.74 Å². The van der Waals surface area contributed by atoms with E-state index in [1.807, 2.05) is 0 Å². The van der Waals surface area contributed by atoms with Crippen LogP contribution in [-0.4, -0.2) is 23.8 Å². The van der Waals surface area contributed by atoms with E-state index >= 15 is 0 Å². The van der Waals surface area contributed by atoms with Crippen LogP contribution in [0.5, 0.6) is 0 Å². The molecule has 0 radical (unpaired) electrons. The highest BCUT2D eigenvalue weighted by atomic mass is 16.5. The molecule has 3 rings (SSSR count). The number of esters is 1. The van der Waals surface area contributed by atoms with E-state index in [0.29, 0.717) is 13.0 Å². The predicted molar refractivity (Wildman–Crippen MR) is 67.8 cm³/mol. The number of cyclic esters (lactones) is 1. The summed E-state index contributed by atoms with van der Waals surface area (Å²) in [7, 11) is 0. The van der Waals surface area contributed by atoms with Gasteiger partial charge in [0.25, 0.3) is 0 Å². The fourth-order valence-corrected chi connectivity index (χ4v) is 4.71. The number of carbonyl (C=O) groups excluding carboxylic acids is 1. The normalized spacial score (nSPS) is 46.3. The molecule has 1 heterocycles. The minimum absolute atomic E-state index is 0.0262. The van der Waals surface area contributed by atoms with Gasteiger partial charge >= 0.3 is 5.97 Å². The van der Waals surface area contributed by atoms with E-state index in [-0.39, 0.29) is 23.2 Å². The molecule has 0 aromatic carbocycles. The van der Waals surface area contributed by atoms with E-state index in [9.17, 15) is 9.90 Å². The van der Waals surface area contributed by atoms with Crippen molar-refractivity contribution < 1.29 is 14.6 Å². The van der Waals surface area contributed by atoms with Crippen molar-refractivity contribution in [3.63, 3.8) is 0 Å². The van der Waals surface area contributed by atoms with Gasteiger partial charge in [0.2, 0.25) is 0 Å². The van der Waals surface area contributed by atoms with E-state index in [0.717, 1.165) is 24.8 Å². The first-order chi connectivity index (χ1) is 8.40. The van der Waals surface area contributed by atoms with Crippen molar-refractivity contribution in [3.8, 4) is 0 Å². The van der Waals surface area contributed by atoms with Gasteiger partial charge in [0.1, 0.15) is 5.41 Å². The molecule has 1 N–H and O–H groups in total. The Labute approximate surface area is 108 Å². The summed E-state index contributed by atoms with van der Waals surface area (Å²) in [5.74, 6) is 0.0659. The van der Waals surface area contributed by atoms with Crippen molar-refractivity contribution in [3.05, 3.63) is 12.2 Å². The van der Waals surface area contributed by atoms with Gasteiger partial charge in [-0.25, -0.2) is 0 Å². The third-order valence-electron chi connectivity index (χ3n) is 5.69. The van der Waals surface area contributed by atoms with Crippen molar-refractivity contribution in [1.29, 1.82) is 0 Å². The molecule has 2 aliphatic carbocycles. The first kappa shape index (κ1) is 12.2. The molecule has 0 aromatic heterocycles. The second-order valence-corrected chi connectivity index (χ2v) is 6.88. The topological polar surface area (TPSA) is 46.5 Å². The maximum atomic E-state index is 12.4. The van der Waals surface area contributed by atoms with Crippen LogP contribution >= 0.6 is 0 Å². The van der Waals surface area contributed by atoms with Crippen molar-refractivity contribution in [2.45, 2.75) is 45.6 Å². The summed E-state index contributed by atoms with van der Waals surface area (Å²) < 4.78 is 5.33. The largest absolute Gasteiger partial charge is 0.464 e. The molecule has 0 bridgehead atoms. The van der Waals surface area contributed by atoms with Crippen LogP contribution in [-0.2, 0) is 9.53 Å². The van der Waals surface area contributed by atoms with Gasteiger partial charge in [-0.05, 0) is 37.0 Å². The standard InChI is InChI=1S/C15H22O3/c1-9-4-5-11-14(2,3)7-6-12(16)15(11)10(9)8-18-13(15)17/h10-12,16H,1,4-8H2,2-3H3/t10-,11-,12+,15?/m0/s1. The molecule has 18 heavy (non-hydrogen) atoms. The highest BCUT2D eigenvalue weighted by molar-refractivity contribution is 5.82. The average Bonchev–Trinajstić information content (AvgIpc) is 2.65. The van der Waals surface area contributed by atoms with Crippen LogP contribution in [0.25, 0.3) is 0 Å². The van der Waals surface area contributed by atoms with Crippen molar-refractivity contribution in [2.75, 3.05) is 6.61 Å². The summed E-state index contributed by atoms with van der Waals surface area (Å²) in [6.45, 7) is 8.98. The first-order valence-electron chi connectivity index (χ1n) is 6.93. The van der Waals surface area contributed by atoms with Crippen LogP contribution in [0.15, 0.2) is 12.2 Å². The van der Waals surface area contributed by atoms with Crippen molar-refractivity contribution >= 4 is 5.97 Å². The molecule has 3 fully saturated rings. The zero-order chi connectivity index (χ0) is 13.1. The second-order valence-electron chi connectivity index (χ2n) is 6.88. The smallest absolute Gasteiger partial charge is 0.315 e. The summed E-state index contributed by atoms with van der Waals surface area (Å²) >= 11 is 0. The number of carbonyl (C=O) groups is 1. The fourth-order valence-electron chi connectivity index (χ4n) is 4.71. The Balaban J connectivity index is 2.14. The lowest BCUT2D eigenvalue weighted by Crippen LogP contribution is -2.59. The van der Waals surface area contributed by atoms with Gasteiger partial charge in [-0.2, -0.15) is 0 Å². The summed E-state index contributed by atoms with van der Waals surface area (Å²) in [5.41, 5.74) is 0.493. The number of rotatable bonds is 0. The van der Waals surface area contributed by atoms with Gasteiger partial charge in [-0.1, -0.05) is 26.0 Å². The lowest BCUT2D eigenvalue weighted by Gasteiger charge is -2.56. The molecule has 3 aliphatic rings. The van der Waals surface area contributed by atoms with Crippen molar-refractivity contribution in [2.24, 2.45) is 22.7 Å². The third-order valence-corrected chi connectivity index (χ3v) is 5.69. The molecule has 1 unspecified atom stereocenters. The molecule has 1 spiro atoms. The van der Waals surface area contributed by atoms with Gasteiger partial charge in [0.05, 0.1) is 12.7 Å². The Kier molecular flexibility index (Phi) is 2.44. The zero-order valence-corrected chi connectivity index (χ0v) is 11.2. The Morgan fingerprint density at radius 2 is 2.11 bits per heavy atom. The Morgan fingerprint density at radius 3 is 2.83 bits per heavy atom. The van der Waals surface area contributed by atoms with Crippen LogP contribution in [0.1, 0.15) is 39.5 Å². The lowest BCUT2D eigenvalue weighted by molar-refractivity contribution is -0.175. The number of aliphatic hydroxyl groups excluding tert-OH is 1. The Hall–Kier alpha value is -0.830. The quantitative estimate of drug-likeness (QED) is 0.530. The summed E-state index contributed by atoms with van der Waals surface area (Å²) in [5, 5.41) is 10.5. The Morgan fingerprint density at radius 1 is 1.39 bits per heavy atom. The number of hydrogen-bond donors (Lipinski definition) is 1. The molecule has 1 saturated heterocycles. The van der Waals surface area contributed by atoms with Gasteiger partial charge < -0.3 is 9.84 Å². The molecule has 100 valence electrons. The maximum Gasteiger partial charge on any atom is 0.315 e. The van der Waals surface area contributed by atoms with E-state index in [1.165, 1.54) is 0 Å². The predicted octanol–water partition coefficient (Wildman–Crippen LogP) is 2.29.